The van der Waals surface area contributed by atoms with Crippen molar-refractivity contribution in [3.8, 4) is 33.8 Å². The second-order valence-corrected chi connectivity index (χ2v) is 10.5. The van der Waals surface area contributed by atoms with Crippen LogP contribution in [0.3, 0.4) is 0 Å². The van der Waals surface area contributed by atoms with E-state index in [2.05, 4.69) is 4.72 Å². The Labute approximate surface area is 212 Å². The highest BCUT2D eigenvalue weighted by molar-refractivity contribution is 7.92. The van der Waals surface area contributed by atoms with E-state index in [-0.39, 0.29) is 5.75 Å². The average Bonchev–Trinajstić information content (AvgIpc) is 2.83. The molecule has 0 amide bonds. The van der Waals surface area contributed by atoms with Crippen molar-refractivity contribution in [1.82, 2.24) is 0 Å². The fraction of sp³-hybridized carbons (Fsp3) is 0.111. The van der Waals surface area contributed by atoms with Gasteiger partial charge in [0, 0.05) is 16.3 Å². The van der Waals surface area contributed by atoms with Gasteiger partial charge in [0.2, 0.25) is 10.0 Å². The van der Waals surface area contributed by atoms with Crippen LogP contribution in [0.25, 0.3) is 22.3 Å². The maximum atomic E-state index is 13.1. The molecule has 5 rings (SSSR count). The van der Waals surface area contributed by atoms with E-state index in [1.165, 1.54) is 6.07 Å². The molecule has 1 heterocycles. The number of alkyl halides is 2. The van der Waals surface area contributed by atoms with Crippen molar-refractivity contribution in [2.75, 3.05) is 11.0 Å². The van der Waals surface area contributed by atoms with Crippen molar-refractivity contribution in [3.63, 3.8) is 0 Å². The van der Waals surface area contributed by atoms with Gasteiger partial charge in [-0.3, -0.25) is 4.72 Å². The van der Waals surface area contributed by atoms with Crippen LogP contribution in [-0.2, 0) is 10.0 Å². The average molecular weight is 528 g/mol. The summed E-state index contributed by atoms with van der Waals surface area (Å²) >= 11 is 6.04. The van der Waals surface area contributed by atoms with Gasteiger partial charge in [-0.15, -0.1) is 0 Å². The zero-order valence-electron chi connectivity index (χ0n) is 18.9. The van der Waals surface area contributed by atoms with Crippen molar-refractivity contribution >= 4 is 27.3 Å². The van der Waals surface area contributed by atoms with E-state index in [1.807, 2.05) is 36.4 Å². The van der Waals surface area contributed by atoms with Gasteiger partial charge < -0.3 is 9.47 Å². The summed E-state index contributed by atoms with van der Waals surface area (Å²) in [4.78, 5) is 0. The molecule has 1 unspecified atom stereocenters. The Balaban J connectivity index is 1.66. The topological polar surface area (TPSA) is 64.6 Å². The van der Waals surface area contributed by atoms with Crippen LogP contribution in [0.4, 0.5) is 14.5 Å². The zero-order chi connectivity index (χ0) is 25.4. The summed E-state index contributed by atoms with van der Waals surface area (Å²) in [5.41, 5.74) is 4.60. The lowest BCUT2D eigenvalue weighted by Crippen LogP contribution is -2.18. The molecule has 0 bridgehead atoms. The highest BCUT2D eigenvalue weighted by atomic mass is 35.5. The van der Waals surface area contributed by atoms with E-state index in [0.29, 0.717) is 33.1 Å². The molecule has 0 aliphatic carbocycles. The first-order valence-corrected chi connectivity index (χ1v) is 13.2. The van der Waals surface area contributed by atoms with Gasteiger partial charge in [-0.2, -0.15) is 8.78 Å². The number of nitrogens with one attached hydrogen (secondary N) is 1. The summed E-state index contributed by atoms with van der Waals surface area (Å²) in [6, 6.07) is 24.8. The Morgan fingerprint density at radius 2 is 1.69 bits per heavy atom. The second-order valence-electron chi connectivity index (χ2n) is 8.31. The molecule has 9 heteroatoms. The van der Waals surface area contributed by atoms with Crippen LogP contribution in [0.15, 0.2) is 84.9 Å². The van der Waals surface area contributed by atoms with Crippen molar-refractivity contribution in [3.05, 3.63) is 101 Å². The number of rotatable bonds is 6. The van der Waals surface area contributed by atoms with Crippen molar-refractivity contribution < 1.29 is 26.7 Å². The first-order chi connectivity index (χ1) is 17.2. The van der Waals surface area contributed by atoms with E-state index >= 15 is 0 Å². The van der Waals surface area contributed by atoms with Crippen LogP contribution >= 0.6 is 11.6 Å². The molecule has 0 fully saturated rings. The highest BCUT2D eigenvalue weighted by Crippen LogP contribution is 2.50. The number of ether oxygens (including phenoxy) is 2. The molecule has 0 radical (unpaired) electrons. The Morgan fingerprint density at radius 1 is 0.944 bits per heavy atom. The predicted molar refractivity (Wildman–Crippen MR) is 136 cm³/mol. The van der Waals surface area contributed by atoms with Gasteiger partial charge in [0.25, 0.3) is 0 Å². The molecule has 1 aliphatic heterocycles. The second kappa shape index (κ2) is 9.44. The van der Waals surface area contributed by atoms with Crippen LogP contribution in [-0.4, -0.2) is 21.3 Å². The Hall–Kier alpha value is -3.62. The van der Waals surface area contributed by atoms with Crippen molar-refractivity contribution in [2.24, 2.45) is 0 Å². The van der Waals surface area contributed by atoms with Gasteiger partial charge in [-0.05, 0) is 64.7 Å². The van der Waals surface area contributed by atoms with E-state index in [0.717, 1.165) is 22.9 Å². The minimum Gasteiger partial charge on any atom is -0.480 e. The highest BCUT2D eigenvalue weighted by Gasteiger charge is 2.31. The van der Waals surface area contributed by atoms with Gasteiger partial charge >= 0.3 is 6.61 Å². The molecule has 184 valence electrons. The fourth-order valence-electron chi connectivity index (χ4n) is 4.32. The molecule has 36 heavy (non-hydrogen) atoms. The minimum atomic E-state index is -3.54. The molecule has 1 N–H and O–H groups in total. The smallest absolute Gasteiger partial charge is 0.387 e. The molecule has 0 aromatic heterocycles. The number of fused-ring (bicyclic) bond motifs is 3. The van der Waals surface area contributed by atoms with Crippen molar-refractivity contribution in [2.45, 2.75) is 12.7 Å². The molecule has 1 atom stereocenters. The SMILES string of the molecule is CS(=O)(=O)Nc1ccc2c(c1)C(c1cccc(-c3ccc(Cl)cc3)c1)Oc1cccc(OC(F)F)c1-2. The molecule has 4 aromatic carbocycles. The number of benzene rings is 4. The van der Waals surface area contributed by atoms with Gasteiger partial charge in [0.15, 0.2) is 0 Å². The minimum absolute atomic E-state index is 0.0269. The maximum Gasteiger partial charge on any atom is 0.387 e. The first-order valence-electron chi connectivity index (χ1n) is 10.9. The summed E-state index contributed by atoms with van der Waals surface area (Å²) in [5.74, 6) is 0.354. The molecular weight excluding hydrogens is 508 g/mol. The van der Waals surface area contributed by atoms with Crippen molar-refractivity contribution in [1.29, 1.82) is 0 Å². The summed E-state index contributed by atoms with van der Waals surface area (Å²) < 4.78 is 63.6. The Bertz CT molecular complexity index is 1540. The van der Waals surface area contributed by atoms with E-state index < -0.39 is 22.7 Å². The van der Waals surface area contributed by atoms with E-state index in [9.17, 15) is 17.2 Å². The van der Waals surface area contributed by atoms with Crippen LogP contribution < -0.4 is 14.2 Å². The molecule has 4 aromatic rings. The maximum absolute atomic E-state index is 13.1. The van der Waals surface area contributed by atoms with Gasteiger partial charge in [-0.25, -0.2) is 8.42 Å². The van der Waals surface area contributed by atoms with Crippen LogP contribution in [0, 0.1) is 0 Å². The summed E-state index contributed by atoms with van der Waals surface area (Å²) in [5, 5.41) is 0.628. The predicted octanol–water partition coefficient (Wildman–Crippen LogP) is 7.13. The standard InChI is InChI=1S/C27H20ClF2NO4S/c1-36(32,33)31-20-12-13-21-22(15-20)26(34-23-6-3-7-24(25(21)23)35-27(29)30)18-5-2-4-17(14-18)16-8-10-19(28)11-9-16/h2-15,26-27,31H,1H3. The fourth-order valence-corrected chi connectivity index (χ4v) is 5.00. The molecular formula is C27H20ClF2NO4S. The molecule has 1 aliphatic rings. The van der Waals surface area contributed by atoms with Crippen LogP contribution in [0.1, 0.15) is 17.2 Å². The molecule has 0 saturated heterocycles. The summed E-state index contributed by atoms with van der Waals surface area (Å²) in [6.07, 6.45) is 0.419. The van der Waals surface area contributed by atoms with Gasteiger partial charge in [0.05, 0.1) is 11.8 Å². The monoisotopic (exact) mass is 527 g/mol. The number of hydrogen-bond donors (Lipinski definition) is 1. The number of sulfonamides is 1. The van der Waals surface area contributed by atoms with Crippen LogP contribution in [0.2, 0.25) is 5.02 Å². The normalized spacial score (nSPS) is 14.5. The quantitative estimate of drug-likeness (QED) is 0.290. The molecule has 0 saturated carbocycles. The number of halogens is 3. The van der Waals surface area contributed by atoms with Gasteiger partial charge in [-0.1, -0.05) is 54.1 Å². The summed E-state index contributed by atoms with van der Waals surface area (Å²) in [7, 11) is -3.54. The third-order valence-electron chi connectivity index (χ3n) is 5.72. The lowest BCUT2D eigenvalue weighted by Gasteiger charge is -2.31. The lowest BCUT2D eigenvalue weighted by atomic mass is 9.88. The zero-order valence-corrected chi connectivity index (χ0v) is 20.5. The molecule has 0 spiro atoms. The van der Waals surface area contributed by atoms with E-state index in [1.54, 1.807) is 42.5 Å². The Kier molecular flexibility index (Phi) is 6.32. The molecule has 5 nitrogen and oxygen atoms in total. The lowest BCUT2D eigenvalue weighted by molar-refractivity contribution is -0.0496. The third-order valence-corrected chi connectivity index (χ3v) is 6.58. The number of hydrogen-bond acceptors (Lipinski definition) is 4. The Morgan fingerprint density at radius 3 is 2.42 bits per heavy atom. The van der Waals surface area contributed by atoms with Crippen LogP contribution in [0.5, 0.6) is 11.5 Å². The number of anilines is 1. The largest absolute Gasteiger partial charge is 0.480 e. The third kappa shape index (κ3) is 5.01. The summed E-state index contributed by atoms with van der Waals surface area (Å²) in [6.45, 7) is -3.01. The first kappa shape index (κ1) is 24.1. The van der Waals surface area contributed by atoms with Gasteiger partial charge in [0.1, 0.15) is 17.6 Å². The van der Waals surface area contributed by atoms with E-state index in [4.69, 9.17) is 21.1 Å².